The van der Waals surface area contributed by atoms with E-state index in [0.717, 1.165) is 43.8 Å². The van der Waals surface area contributed by atoms with Gasteiger partial charge in [0.2, 0.25) is 17.7 Å². The zero-order valence-electron chi connectivity index (χ0n) is 14.6. The third-order valence-corrected chi connectivity index (χ3v) is 4.77. The van der Waals surface area contributed by atoms with E-state index < -0.39 is 0 Å². The van der Waals surface area contributed by atoms with Crippen molar-refractivity contribution in [3.63, 3.8) is 0 Å². The molecule has 8 nitrogen and oxygen atoms in total. The molecule has 0 radical (unpaired) electrons. The minimum absolute atomic E-state index is 0.0444. The van der Waals surface area contributed by atoms with Crippen LogP contribution in [0.25, 0.3) is 0 Å². The zero-order chi connectivity index (χ0) is 17.4. The number of carbonyl (C=O) groups is 1. The highest BCUT2D eigenvalue weighted by molar-refractivity contribution is 5.91. The van der Waals surface area contributed by atoms with Crippen molar-refractivity contribution in [1.29, 1.82) is 0 Å². The Morgan fingerprint density at radius 1 is 1.32 bits per heavy atom. The van der Waals surface area contributed by atoms with Crippen LogP contribution in [0.5, 0.6) is 0 Å². The standard InChI is InChI=1S/C17H23N5O3/c1-10(2)12-8-15(24-20-12)18-14(23)9-22-7-3-4-13(22)16-19-17(25-21-16)11-5-6-11/h8,10-11,13H,3-7,9H2,1-2H3,(H,18,23)/t13-/m0/s1. The Morgan fingerprint density at radius 2 is 2.16 bits per heavy atom. The van der Waals surface area contributed by atoms with Crippen molar-refractivity contribution in [3.8, 4) is 0 Å². The monoisotopic (exact) mass is 345 g/mol. The van der Waals surface area contributed by atoms with E-state index in [2.05, 4.69) is 25.5 Å². The van der Waals surface area contributed by atoms with Crippen molar-refractivity contribution < 1.29 is 13.8 Å². The first-order valence-electron chi connectivity index (χ1n) is 8.94. The van der Waals surface area contributed by atoms with E-state index in [1.165, 1.54) is 0 Å². The molecule has 25 heavy (non-hydrogen) atoms. The van der Waals surface area contributed by atoms with Crippen LogP contribution in [0.1, 0.15) is 74.8 Å². The third-order valence-electron chi connectivity index (χ3n) is 4.77. The molecule has 2 aromatic rings. The van der Waals surface area contributed by atoms with Crippen LogP contribution in [0.2, 0.25) is 0 Å². The lowest BCUT2D eigenvalue weighted by Gasteiger charge is -2.20. The number of carbonyl (C=O) groups excluding carboxylic acids is 1. The topological polar surface area (TPSA) is 97.3 Å². The van der Waals surface area contributed by atoms with Crippen LogP contribution in [0.3, 0.4) is 0 Å². The molecular weight excluding hydrogens is 322 g/mol. The lowest BCUT2D eigenvalue weighted by molar-refractivity contribution is -0.117. The van der Waals surface area contributed by atoms with Crippen molar-refractivity contribution in [2.75, 3.05) is 18.4 Å². The minimum Gasteiger partial charge on any atom is -0.339 e. The Bertz CT molecular complexity index is 749. The number of amides is 1. The molecule has 1 amide bonds. The second kappa shape index (κ2) is 6.59. The average molecular weight is 345 g/mol. The van der Waals surface area contributed by atoms with Crippen molar-refractivity contribution >= 4 is 11.8 Å². The summed E-state index contributed by atoms with van der Waals surface area (Å²) in [6.07, 6.45) is 4.23. The molecule has 0 bridgehead atoms. The maximum absolute atomic E-state index is 12.3. The molecule has 3 heterocycles. The van der Waals surface area contributed by atoms with Crippen molar-refractivity contribution in [2.24, 2.45) is 0 Å². The molecule has 1 aliphatic carbocycles. The predicted molar refractivity (Wildman–Crippen MR) is 89.0 cm³/mol. The molecule has 1 aliphatic heterocycles. The maximum Gasteiger partial charge on any atom is 0.240 e. The van der Waals surface area contributed by atoms with Crippen molar-refractivity contribution in [1.82, 2.24) is 20.2 Å². The number of anilines is 1. The molecule has 0 spiro atoms. The molecule has 1 atom stereocenters. The number of nitrogens with one attached hydrogen (secondary N) is 1. The van der Waals surface area contributed by atoms with Gasteiger partial charge < -0.3 is 9.05 Å². The second-order valence-corrected chi connectivity index (χ2v) is 7.21. The van der Waals surface area contributed by atoms with Gasteiger partial charge in [-0.05, 0) is 38.1 Å². The lowest BCUT2D eigenvalue weighted by atomic mass is 10.1. The summed E-state index contributed by atoms with van der Waals surface area (Å²) in [5.41, 5.74) is 0.828. The molecule has 0 unspecified atom stereocenters. The Morgan fingerprint density at radius 3 is 2.88 bits per heavy atom. The largest absolute Gasteiger partial charge is 0.339 e. The van der Waals surface area contributed by atoms with Gasteiger partial charge in [0.15, 0.2) is 5.82 Å². The average Bonchev–Trinajstić information content (AvgIpc) is 3.00. The van der Waals surface area contributed by atoms with E-state index >= 15 is 0 Å². The summed E-state index contributed by atoms with van der Waals surface area (Å²) in [7, 11) is 0. The van der Waals surface area contributed by atoms with Gasteiger partial charge in [0.05, 0.1) is 18.3 Å². The van der Waals surface area contributed by atoms with Crippen molar-refractivity contribution in [3.05, 3.63) is 23.5 Å². The van der Waals surface area contributed by atoms with Gasteiger partial charge in [-0.2, -0.15) is 4.98 Å². The van der Waals surface area contributed by atoms with Gasteiger partial charge in [-0.25, -0.2) is 0 Å². The number of rotatable bonds is 6. The van der Waals surface area contributed by atoms with Crippen LogP contribution in [-0.4, -0.2) is 39.2 Å². The van der Waals surface area contributed by atoms with E-state index in [1.54, 1.807) is 6.07 Å². The summed E-state index contributed by atoms with van der Waals surface area (Å²) in [5, 5.41) is 10.9. The van der Waals surface area contributed by atoms with Gasteiger partial charge in [0.25, 0.3) is 0 Å². The van der Waals surface area contributed by atoms with Crippen LogP contribution in [0.15, 0.2) is 15.1 Å². The normalized spacial score (nSPS) is 21.2. The predicted octanol–water partition coefficient (Wildman–Crippen LogP) is 2.83. The molecule has 2 aliphatic rings. The third kappa shape index (κ3) is 3.58. The highest BCUT2D eigenvalue weighted by Crippen LogP contribution is 2.40. The van der Waals surface area contributed by atoms with Gasteiger partial charge >= 0.3 is 0 Å². The number of likely N-dealkylation sites (tertiary alicyclic amines) is 1. The molecule has 8 heteroatoms. The quantitative estimate of drug-likeness (QED) is 0.859. The highest BCUT2D eigenvalue weighted by atomic mass is 16.5. The zero-order valence-corrected chi connectivity index (χ0v) is 14.6. The molecular formula is C17H23N5O3. The Kier molecular flexibility index (Phi) is 4.29. The molecule has 0 aromatic carbocycles. The molecule has 1 saturated heterocycles. The van der Waals surface area contributed by atoms with E-state index in [1.807, 2.05) is 13.8 Å². The SMILES string of the molecule is CC(C)c1cc(NC(=O)CN2CCC[C@H]2c2noc(C3CC3)n2)on1. The van der Waals surface area contributed by atoms with Crippen molar-refractivity contribution in [2.45, 2.75) is 57.4 Å². The van der Waals surface area contributed by atoms with E-state index in [-0.39, 0.29) is 24.4 Å². The molecule has 2 aromatic heterocycles. The van der Waals surface area contributed by atoms with Crippen LogP contribution >= 0.6 is 0 Å². The van der Waals surface area contributed by atoms with Gasteiger partial charge in [-0.3, -0.25) is 15.0 Å². The van der Waals surface area contributed by atoms with E-state index in [9.17, 15) is 4.79 Å². The van der Waals surface area contributed by atoms with Gasteiger partial charge in [0.1, 0.15) is 0 Å². The first-order valence-corrected chi connectivity index (χ1v) is 8.94. The number of nitrogens with zero attached hydrogens (tertiary/aromatic N) is 4. The molecule has 1 N–H and O–H groups in total. The van der Waals surface area contributed by atoms with Crippen LogP contribution < -0.4 is 5.32 Å². The first-order chi connectivity index (χ1) is 12.1. The number of hydrogen-bond donors (Lipinski definition) is 1. The van der Waals surface area contributed by atoms with Gasteiger partial charge in [-0.1, -0.05) is 24.2 Å². The smallest absolute Gasteiger partial charge is 0.240 e. The Balaban J connectivity index is 1.37. The fourth-order valence-electron chi connectivity index (χ4n) is 3.17. The van der Waals surface area contributed by atoms with Crippen LogP contribution in [0, 0.1) is 0 Å². The maximum atomic E-state index is 12.3. The summed E-state index contributed by atoms with van der Waals surface area (Å²) in [6.45, 7) is 5.17. The van der Waals surface area contributed by atoms with Crippen LogP contribution in [0.4, 0.5) is 5.88 Å². The first kappa shape index (κ1) is 16.3. The van der Waals surface area contributed by atoms with Gasteiger partial charge in [0, 0.05) is 12.0 Å². The summed E-state index contributed by atoms with van der Waals surface area (Å²) in [6, 6.07) is 1.81. The molecule has 1 saturated carbocycles. The fourth-order valence-corrected chi connectivity index (χ4v) is 3.17. The highest BCUT2D eigenvalue weighted by Gasteiger charge is 2.34. The van der Waals surface area contributed by atoms with Gasteiger partial charge in [-0.15, -0.1) is 0 Å². The molecule has 4 rings (SSSR count). The minimum atomic E-state index is -0.121. The molecule has 134 valence electrons. The summed E-state index contributed by atoms with van der Waals surface area (Å²) >= 11 is 0. The Hall–Kier alpha value is -2.22. The Labute approximate surface area is 145 Å². The summed E-state index contributed by atoms with van der Waals surface area (Å²) in [4.78, 5) is 19.0. The summed E-state index contributed by atoms with van der Waals surface area (Å²) in [5.74, 6) is 2.42. The summed E-state index contributed by atoms with van der Waals surface area (Å²) < 4.78 is 10.5. The second-order valence-electron chi connectivity index (χ2n) is 7.21. The van der Waals surface area contributed by atoms with E-state index in [4.69, 9.17) is 9.05 Å². The van der Waals surface area contributed by atoms with Crippen LogP contribution in [-0.2, 0) is 4.79 Å². The number of aromatic nitrogens is 3. The lowest BCUT2D eigenvalue weighted by Crippen LogP contribution is -2.33. The fraction of sp³-hybridized carbons (Fsp3) is 0.647. The van der Waals surface area contributed by atoms with E-state index in [0.29, 0.717) is 17.6 Å². The number of hydrogen-bond acceptors (Lipinski definition) is 7. The molecule has 2 fully saturated rings.